The van der Waals surface area contributed by atoms with Crippen LogP contribution in [0, 0.1) is 9.39 Å². The number of benzene rings is 2. The summed E-state index contributed by atoms with van der Waals surface area (Å²) in [4.78, 5) is 0. The molecule has 94 valence electrons. The summed E-state index contributed by atoms with van der Waals surface area (Å²) in [5, 5.41) is 0. The van der Waals surface area contributed by atoms with Crippen LogP contribution in [0.2, 0.25) is 0 Å². The molecule has 0 heterocycles. The fourth-order valence-electron chi connectivity index (χ4n) is 1.75. The molecule has 0 unspecified atom stereocenters. The Morgan fingerprint density at radius 2 is 1.78 bits per heavy atom. The van der Waals surface area contributed by atoms with Crippen molar-refractivity contribution in [2.45, 2.75) is 0 Å². The number of methoxy groups -OCH3 is 1. The summed E-state index contributed by atoms with van der Waals surface area (Å²) in [7, 11) is 1.49. The van der Waals surface area contributed by atoms with Crippen LogP contribution in [-0.2, 0) is 0 Å². The minimum absolute atomic E-state index is 0.315. The molecule has 0 saturated heterocycles. The normalized spacial score (nSPS) is 10.4. The maximum atomic E-state index is 14.0. The van der Waals surface area contributed by atoms with Gasteiger partial charge in [0.1, 0.15) is 5.82 Å². The van der Waals surface area contributed by atoms with Crippen LogP contribution in [-0.4, -0.2) is 7.11 Å². The van der Waals surface area contributed by atoms with Gasteiger partial charge in [0.15, 0.2) is 5.75 Å². The molecule has 0 aromatic heterocycles. The van der Waals surface area contributed by atoms with E-state index in [2.05, 4.69) is 22.6 Å². The second kappa shape index (κ2) is 5.01. The largest absolute Gasteiger partial charge is 0.494 e. The number of nitrogen functional groups attached to an aromatic ring is 2. The van der Waals surface area contributed by atoms with E-state index in [4.69, 9.17) is 16.2 Å². The Hall–Kier alpha value is -1.50. The van der Waals surface area contributed by atoms with Crippen molar-refractivity contribution in [3.63, 3.8) is 0 Å². The van der Waals surface area contributed by atoms with Crippen LogP contribution in [0.15, 0.2) is 30.3 Å². The van der Waals surface area contributed by atoms with E-state index in [9.17, 15) is 4.39 Å². The third-order valence-corrected chi connectivity index (χ3v) is 3.33. The summed E-state index contributed by atoms with van der Waals surface area (Å²) in [6, 6.07) is 8.33. The van der Waals surface area contributed by atoms with Gasteiger partial charge in [-0.2, -0.15) is 0 Å². The summed E-state index contributed by atoms with van der Waals surface area (Å²) < 4.78 is 20.0. The highest BCUT2D eigenvalue weighted by atomic mass is 127. The van der Waals surface area contributed by atoms with Gasteiger partial charge in [-0.25, -0.2) is 4.39 Å². The van der Waals surface area contributed by atoms with Gasteiger partial charge in [-0.3, -0.25) is 0 Å². The van der Waals surface area contributed by atoms with Gasteiger partial charge >= 0.3 is 0 Å². The Balaban J connectivity index is 2.67. The van der Waals surface area contributed by atoms with E-state index < -0.39 is 0 Å². The van der Waals surface area contributed by atoms with Crippen molar-refractivity contribution in [2.75, 3.05) is 18.6 Å². The van der Waals surface area contributed by atoms with Gasteiger partial charge in [0.05, 0.1) is 18.5 Å². The second-order valence-corrected chi connectivity index (χ2v) is 5.02. The molecule has 2 rings (SSSR count). The minimum Gasteiger partial charge on any atom is -0.494 e. The maximum Gasteiger partial charge on any atom is 0.151 e. The van der Waals surface area contributed by atoms with E-state index in [-0.39, 0.29) is 5.82 Å². The molecule has 18 heavy (non-hydrogen) atoms. The van der Waals surface area contributed by atoms with E-state index in [0.717, 1.165) is 3.57 Å². The lowest BCUT2D eigenvalue weighted by molar-refractivity contribution is 0.418. The monoisotopic (exact) mass is 358 g/mol. The van der Waals surface area contributed by atoms with Crippen LogP contribution in [0.4, 0.5) is 15.8 Å². The molecule has 2 aromatic rings. The van der Waals surface area contributed by atoms with Crippen LogP contribution in [0.3, 0.4) is 0 Å². The van der Waals surface area contributed by atoms with E-state index in [1.165, 1.54) is 13.2 Å². The lowest BCUT2D eigenvalue weighted by atomic mass is 10.0. The fourth-order valence-corrected chi connectivity index (χ4v) is 2.21. The Morgan fingerprint density at radius 3 is 2.39 bits per heavy atom. The predicted octanol–water partition coefficient (Wildman–Crippen LogP) is 3.27. The smallest absolute Gasteiger partial charge is 0.151 e. The first-order chi connectivity index (χ1) is 8.54. The average Bonchev–Trinajstić information content (AvgIpc) is 2.33. The summed E-state index contributed by atoms with van der Waals surface area (Å²) in [5.74, 6) is 0.0829. The van der Waals surface area contributed by atoms with Crippen molar-refractivity contribution < 1.29 is 9.13 Å². The molecule has 2 aromatic carbocycles. The number of anilines is 2. The Morgan fingerprint density at radius 1 is 1.11 bits per heavy atom. The second-order valence-electron chi connectivity index (χ2n) is 3.77. The van der Waals surface area contributed by atoms with E-state index in [1.807, 2.05) is 6.07 Å². The van der Waals surface area contributed by atoms with Crippen molar-refractivity contribution >= 4 is 34.0 Å². The number of nitrogens with two attached hydrogens (primary N) is 2. The molecule has 0 fully saturated rings. The molecule has 0 bridgehead atoms. The number of rotatable bonds is 2. The molecular weight excluding hydrogens is 346 g/mol. The van der Waals surface area contributed by atoms with Crippen molar-refractivity contribution in [3.05, 3.63) is 39.7 Å². The van der Waals surface area contributed by atoms with Gasteiger partial charge in [0.2, 0.25) is 0 Å². The number of halogens is 2. The Kier molecular flexibility index (Phi) is 3.60. The van der Waals surface area contributed by atoms with Crippen LogP contribution >= 0.6 is 22.6 Å². The molecule has 0 saturated carbocycles. The molecule has 0 radical (unpaired) electrons. The topological polar surface area (TPSA) is 61.3 Å². The SMILES string of the molecule is COc1c(-c2ccc(I)cc2F)ccc(N)c1N. The molecule has 0 atom stereocenters. The van der Waals surface area contributed by atoms with Gasteiger partial charge in [-0.05, 0) is 46.9 Å². The van der Waals surface area contributed by atoms with Crippen molar-refractivity contribution in [2.24, 2.45) is 0 Å². The Bertz CT molecular complexity index is 602. The van der Waals surface area contributed by atoms with Crippen LogP contribution in [0.1, 0.15) is 0 Å². The van der Waals surface area contributed by atoms with Crippen molar-refractivity contribution in [1.82, 2.24) is 0 Å². The first-order valence-electron chi connectivity index (χ1n) is 5.22. The van der Waals surface area contributed by atoms with E-state index in [0.29, 0.717) is 28.3 Å². The first kappa shape index (κ1) is 12.9. The Labute approximate surface area is 118 Å². The standard InChI is InChI=1S/C13H12FIN2O/c1-18-13-9(4-5-11(16)12(13)17)8-3-2-7(15)6-10(8)14/h2-6H,16-17H2,1H3. The van der Waals surface area contributed by atoms with Gasteiger partial charge in [0, 0.05) is 14.7 Å². The zero-order chi connectivity index (χ0) is 13.3. The molecule has 0 amide bonds. The third kappa shape index (κ3) is 2.22. The zero-order valence-electron chi connectivity index (χ0n) is 9.71. The number of hydrogen-bond donors (Lipinski definition) is 2. The minimum atomic E-state index is -0.315. The van der Waals surface area contributed by atoms with Gasteiger partial charge in [-0.1, -0.05) is 6.07 Å². The molecule has 0 aliphatic carbocycles. The van der Waals surface area contributed by atoms with Gasteiger partial charge in [-0.15, -0.1) is 0 Å². The molecule has 3 nitrogen and oxygen atoms in total. The highest BCUT2D eigenvalue weighted by Crippen LogP contribution is 2.39. The molecular formula is C13H12FIN2O. The molecule has 0 aliphatic heterocycles. The average molecular weight is 358 g/mol. The summed E-state index contributed by atoms with van der Waals surface area (Å²) in [6.45, 7) is 0. The van der Waals surface area contributed by atoms with Crippen molar-refractivity contribution in [3.8, 4) is 16.9 Å². The molecule has 4 N–H and O–H groups in total. The quantitative estimate of drug-likeness (QED) is 0.640. The lowest BCUT2D eigenvalue weighted by Crippen LogP contribution is -2.00. The number of hydrogen-bond acceptors (Lipinski definition) is 3. The highest BCUT2D eigenvalue weighted by molar-refractivity contribution is 14.1. The van der Waals surface area contributed by atoms with Crippen LogP contribution < -0.4 is 16.2 Å². The van der Waals surface area contributed by atoms with Crippen LogP contribution in [0.5, 0.6) is 5.75 Å². The van der Waals surface area contributed by atoms with Gasteiger partial charge < -0.3 is 16.2 Å². The van der Waals surface area contributed by atoms with E-state index >= 15 is 0 Å². The summed E-state index contributed by atoms with van der Waals surface area (Å²) >= 11 is 2.06. The fraction of sp³-hybridized carbons (Fsp3) is 0.0769. The molecule has 0 spiro atoms. The summed E-state index contributed by atoms with van der Waals surface area (Å²) in [6.07, 6.45) is 0. The third-order valence-electron chi connectivity index (χ3n) is 2.66. The zero-order valence-corrected chi connectivity index (χ0v) is 11.9. The van der Waals surface area contributed by atoms with Gasteiger partial charge in [0.25, 0.3) is 0 Å². The summed E-state index contributed by atoms with van der Waals surface area (Å²) in [5.41, 5.74) is 13.3. The first-order valence-corrected chi connectivity index (χ1v) is 6.30. The van der Waals surface area contributed by atoms with Crippen molar-refractivity contribution in [1.29, 1.82) is 0 Å². The maximum absolute atomic E-state index is 14.0. The number of ether oxygens (including phenoxy) is 1. The predicted molar refractivity (Wildman–Crippen MR) is 79.9 cm³/mol. The van der Waals surface area contributed by atoms with Crippen LogP contribution in [0.25, 0.3) is 11.1 Å². The van der Waals surface area contributed by atoms with E-state index in [1.54, 1.807) is 18.2 Å². The highest BCUT2D eigenvalue weighted by Gasteiger charge is 2.14. The molecule has 0 aliphatic rings. The molecule has 5 heteroatoms. The lowest BCUT2D eigenvalue weighted by Gasteiger charge is -2.13.